The third kappa shape index (κ3) is 5.88. The van der Waals surface area contributed by atoms with Crippen LogP contribution in [-0.4, -0.2) is 84.2 Å². The summed E-state index contributed by atoms with van der Waals surface area (Å²) in [5.41, 5.74) is 3.01. The number of aromatic nitrogens is 7. The van der Waals surface area contributed by atoms with Crippen molar-refractivity contribution in [1.29, 1.82) is 10.5 Å². The van der Waals surface area contributed by atoms with Gasteiger partial charge >= 0.3 is 0 Å². The van der Waals surface area contributed by atoms with Crippen LogP contribution < -0.4 is 15.5 Å². The number of amides is 1. The highest BCUT2D eigenvalue weighted by molar-refractivity contribution is 5.76. The van der Waals surface area contributed by atoms with E-state index in [0.717, 1.165) is 69.5 Å². The molecule has 2 N–H and O–H groups in total. The van der Waals surface area contributed by atoms with Crippen molar-refractivity contribution in [2.24, 2.45) is 11.3 Å². The Morgan fingerprint density at radius 2 is 1.96 bits per heavy atom. The zero-order valence-corrected chi connectivity index (χ0v) is 26.1. The zero-order chi connectivity index (χ0) is 31.7. The molecule has 7 rings (SSSR count). The topological polar surface area (TPSA) is 161 Å². The van der Waals surface area contributed by atoms with E-state index in [-0.39, 0.29) is 23.4 Å². The highest BCUT2D eigenvalue weighted by Gasteiger charge is 2.46. The number of aryl methyl sites for hydroxylation is 1. The first-order chi connectivity index (χ1) is 22.4. The predicted octanol–water partition coefficient (Wildman–Crippen LogP) is 2.69. The summed E-state index contributed by atoms with van der Waals surface area (Å²) in [5.74, 6) is 1.02. The maximum Gasteiger partial charge on any atom is 0.247 e. The van der Waals surface area contributed by atoms with Crippen molar-refractivity contribution in [3.63, 3.8) is 0 Å². The lowest BCUT2D eigenvalue weighted by molar-refractivity contribution is -0.133. The van der Waals surface area contributed by atoms with Crippen LogP contribution in [0.3, 0.4) is 0 Å². The van der Waals surface area contributed by atoms with E-state index < -0.39 is 0 Å². The Bertz CT molecular complexity index is 1790. The van der Waals surface area contributed by atoms with Crippen molar-refractivity contribution in [3.05, 3.63) is 48.7 Å². The number of carbonyl (C=O) groups is 1. The van der Waals surface area contributed by atoms with E-state index in [1.165, 1.54) is 0 Å². The van der Waals surface area contributed by atoms with E-state index >= 15 is 0 Å². The molecule has 46 heavy (non-hydrogen) atoms. The van der Waals surface area contributed by atoms with Crippen LogP contribution in [0.5, 0.6) is 0 Å². The van der Waals surface area contributed by atoms with Gasteiger partial charge in [0.25, 0.3) is 0 Å². The van der Waals surface area contributed by atoms with Gasteiger partial charge in [0.15, 0.2) is 5.65 Å². The van der Waals surface area contributed by atoms with Crippen LogP contribution in [0.1, 0.15) is 44.6 Å². The number of piperidine rings is 1. The summed E-state index contributed by atoms with van der Waals surface area (Å²) < 4.78 is 5.34. The Labute approximate surface area is 267 Å². The Morgan fingerprint density at radius 3 is 2.67 bits per heavy atom. The van der Waals surface area contributed by atoms with Crippen molar-refractivity contribution in [1.82, 2.24) is 44.4 Å². The number of hydrogen-bond donors (Lipinski definition) is 2. The van der Waals surface area contributed by atoms with Gasteiger partial charge in [-0.1, -0.05) is 6.92 Å². The number of nitrogens with zero attached hydrogens (tertiary/aromatic N) is 11. The van der Waals surface area contributed by atoms with Crippen LogP contribution in [0, 0.1) is 34.0 Å². The van der Waals surface area contributed by atoms with Crippen LogP contribution in [0.15, 0.2) is 43.1 Å². The molecule has 1 aliphatic carbocycles. The van der Waals surface area contributed by atoms with Gasteiger partial charge in [-0.2, -0.15) is 25.7 Å². The van der Waals surface area contributed by atoms with Crippen molar-refractivity contribution in [3.8, 4) is 12.1 Å². The molecule has 14 nitrogen and oxygen atoms in total. The lowest BCUT2D eigenvalue weighted by atomic mass is 9.86. The van der Waals surface area contributed by atoms with Gasteiger partial charge in [0.2, 0.25) is 11.9 Å². The minimum absolute atomic E-state index is 0.0565. The first-order valence-electron chi connectivity index (χ1n) is 16.1. The summed E-state index contributed by atoms with van der Waals surface area (Å²) in [7, 11) is 0. The van der Waals surface area contributed by atoms with E-state index in [1.54, 1.807) is 21.6 Å². The van der Waals surface area contributed by atoms with E-state index in [1.807, 2.05) is 40.3 Å². The SMILES string of the molecule is CCc1cnn(C2(CC#N)CN(c3cccn4nc(Nc5cnn(CC(=O)N6CCC(CNCC7(C#N)CC7)CC6)c5)nc34)C2)c1. The molecule has 1 amide bonds. The van der Waals surface area contributed by atoms with Gasteiger partial charge in [0.05, 0.1) is 47.7 Å². The standard InChI is InChI=1S/C32H39N13O/c1-2-24-15-37-45(17-24)32(9-10-33)22-42(23-32)27-4-3-11-44-29(27)39-30(40-44)38-26-16-36-43(18-26)19-28(46)41-12-5-25(6-13-41)14-35-21-31(20-34)7-8-31/h3-4,11,15-18,25,35H,2,5-9,12-14,19,21-23H2,1H3,(H,38,40). The molecule has 3 fully saturated rings. The number of fused-ring (bicyclic) bond motifs is 1. The molecule has 0 unspecified atom stereocenters. The highest BCUT2D eigenvalue weighted by Crippen LogP contribution is 2.44. The fraction of sp³-hybridized carbons (Fsp3) is 0.531. The third-order valence-electron chi connectivity index (χ3n) is 9.73. The van der Waals surface area contributed by atoms with Gasteiger partial charge in [0, 0.05) is 51.3 Å². The largest absolute Gasteiger partial charge is 0.363 e. The molecule has 2 aliphatic heterocycles. The van der Waals surface area contributed by atoms with Crippen LogP contribution >= 0.6 is 0 Å². The van der Waals surface area contributed by atoms with Crippen molar-refractivity contribution < 1.29 is 4.79 Å². The fourth-order valence-corrected chi connectivity index (χ4v) is 6.58. The van der Waals surface area contributed by atoms with Crippen LogP contribution in [0.25, 0.3) is 5.65 Å². The number of rotatable bonds is 12. The molecule has 0 radical (unpaired) electrons. The first-order valence-corrected chi connectivity index (χ1v) is 16.1. The summed E-state index contributed by atoms with van der Waals surface area (Å²) in [6, 6.07) is 8.74. The molecule has 4 aromatic heterocycles. The Kier molecular flexibility index (Phi) is 7.82. The summed E-state index contributed by atoms with van der Waals surface area (Å²) in [6.45, 7) is 6.74. The lowest BCUT2D eigenvalue weighted by Gasteiger charge is -2.50. The van der Waals surface area contributed by atoms with Crippen LogP contribution in [0.2, 0.25) is 0 Å². The van der Waals surface area contributed by atoms with E-state index in [0.29, 0.717) is 42.7 Å². The number of nitrogens with one attached hydrogen (secondary N) is 2. The van der Waals surface area contributed by atoms with Gasteiger partial charge in [-0.15, -0.1) is 5.10 Å². The van der Waals surface area contributed by atoms with Gasteiger partial charge < -0.3 is 20.4 Å². The maximum absolute atomic E-state index is 13.0. The van der Waals surface area contributed by atoms with Crippen molar-refractivity contribution >= 4 is 28.9 Å². The predicted molar refractivity (Wildman–Crippen MR) is 170 cm³/mol. The number of likely N-dealkylation sites (tertiary alicyclic amines) is 1. The monoisotopic (exact) mass is 621 g/mol. The van der Waals surface area contributed by atoms with Gasteiger partial charge in [-0.25, -0.2) is 4.52 Å². The van der Waals surface area contributed by atoms with Gasteiger partial charge in [-0.3, -0.25) is 14.2 Å². The Balaban J connectivity index is 0.932. The molecular weight excluding hydrogens is 582 g/mol. The smallest absolute Gasteiger partial charge is 0.247 e. The third-order valence-corrected chi connectivity index (χ3v) is 9.73. The average Bonchev–Trinajstić information content (AvgIpc) is 3.36. The fourth-order valence-electron chi connectivity index (χ4n) is 6.58. The van der Waals surface area contributed by atoms with Crippen LogP contribution in [-0.2, 0) is 23.3 Å². The average molecular weight is 622 g/mol. The summed E-state index contributed by atoms with van der Waals surface area (Å²) >= 11 is 0. The van der Waals surface area contributed by atoms with Crippen molar-refractivity contribution in [2.45, 2.75) is 57.5 Å². The molecule has 4 aromatic rings. The molecule has 3 aliphatic rings. The van der Waals surface area contributed by atoms with Gasteiger partial charge in [0.1, 0.15) is 12.1 Å². The van der Waals surface area contributed by atoms with E-state index in [9.17, 15) is 15.3 Å². The maximum atomic E-state index is 13.0. The summed E-state index contributed by atoms with van der Waals surface area (Å²) in [6.07, 6.45) is 14.5. The second-order valence-corrected chi connectivity index (χ2v) is 13.1. The molecule has 0 atom stereocenters. The number of nitriles is 2. The molecule has 6 heterocycles. The zero-order valence-electron chi connectivity index (χ0n) is 26.1. The van der Waals surface area contributed by atoms with Crippen LogP contribution in [0.4, 0.5) is 17.3 Å². The molecule has 0 aromatic carbocycles. The Morgan fingerprint density at radius 1 is 1.13 bits per heavy atom. The minimum atomic E-state index is -0.368. The molecular formula is C32H39N13O. The van der Waals surface area contributed by atoms with Crippen molar-refractivity contribution in [2.75, 3.05) is 49.5 Å². The summed E-state index contributed by atoms with van der Waals surface area (Å²) in [4.78, 5) is 21.9. The minimum Gasteiger partial charge on any atom is -0.363 e. The normalized spacial score (nSPS) is 18.6. The van der Waals surface area contributed by atoms with E-state index in [2.05, 4.69) is 49.9 Å². The first kappa shape index (κ1) is 29.7. The second kappa shape index (κ2) is 12.1. The summed E-state index contributed by atoms with van der Waals surface area (Å²) in [5, 5.41) is 39.1. The highest BCUT2D eigenvalue weighted by atomic mass is 16.2. The second-order valence-electron chi connectivity index (χ2n) is 13.1. The van der Waals surface area contributed by atoms with E-state index in [4.69, 9.17) is 4.98 Å². The van der Waals surface area contributed by atoms with Gasteiger partial charge in [-0.05, 0) is 62.3 Å². The number of carbonyl (C=O) groups excluding carboxylic acids is 1. The molecule has 14 heteroatoms. The number of hydrogen-bond acceptors (Lipinski definition) is 10. The number of anilines is 3. The Hall–Kier alpha value is -4.95. The molecule has 0 bridgehead atoms. The number of pyridine rings is 1. The molecule has 0 spiro atoms. The quantitative estimate of drug-likeness (QED) is 0.241. The molecule has 1 saturated carbocycles. The molecule has 238 valence electrons. The lowest BCUT2D eigenvalue weighted by Crippen LogP contribution is -2.63. The molecule has 2 saturated heterocycles.